The molecule has 0 saturated carbocycles. The van der Waals surface area contributed by atoms with Gasteiger partial charge in [-0.1, -0.05) is 41.7 Å². The highest BCUT2D eigenvalue weighted by Crippen LogP contribution is 2.28. The van der Waals surface area contributed by atoms with Crippen LogP contribution >= 0.6 is 34.8 Å². The normalized spacial score (nSPS) is 30.9. The van der Waals surface area contributed by atoms with Gasteiger partial charge in [-0.25, -0.2) is 0 Å². The molecule has 2 N–H and O–H groups in total. The lowest BCUT2D eigenvalue weighted by molar-refractivity contribution is -0.941. The molecule has 7 heteroatoms. The van der Waals surface area contributed by atoms with Gasteiger partial charge in [0.05, 0.1) is 0 Å². The summed E-state index contributed by atoms with van der Waals surface area (Å²) < 4.78 is 4.12. The zero-order valence-electron chi connectivity index (χ0n) is 10.8. The maximum Gasteiger partial charge on any atom is 0.262 e. The van der Waals surface area contributed by atoms with Crippen molar-refractivity contribution >= 4 is 40.7 Å². The molecule has 1 unspecified atom stereocenters. The lowest BCUT2D eigenvalue weighted by Gasteiger charge is -2.39. The first kappa shape index (κ1) is 16.3. The van der Waals surface area contributed by atoms with E-state index in [2.05, 4.69) is 5.32 Å². The molecule has 4 atom stereocenters. The van der Waals surface area contributed by atoms with Crippen LogP contribution in [0.1, 0.15) is 27.2 Å². The lowest BCUT2D eigenvalue weighted by Crippen LogP contribution is -3.22. The predicted molar refractivity (Wildman–Crippen MR) is 73.2 cm³/mol. The molecule has 0 spiro atoms. The number of quaternary nitrogens is 1. The van der Waals surface area contributed by atoms with E-state index in [1.54, 1.807) is 6.92 Å². The molecule has 0 bridgehead atoms. The minimum Gasteiger partial charge on any atom is -0.364 e. The van der Waals surface area contributed by atoms with Crippen molar-refractivity contribution in [2.75, 3.05) is 13.1 Å². The van der Waals surface area contributed by atoms with Crippen LogP contribution in [0.2, 0.25) is 0 Å². The highest BCUT2D eigenvalue weighted by atomic mass is 35.6. The average Bonchev–Trinajstić information content (AvgIpc) is 2.22. The van der Waals surface area contributed by atoms with Crippen molar-refractivity contribution in [3.63, 3.8) is 0 Å². The molecule has 1 amide bonds. The van der Waals surface area contributed by atoms with Crippen LogP contribution in [0.5, 0.6) is 0 Å². The Hall–Kier alpha value is 0.260. The summed E-state index contributed by atoms with van der Waals surface area (Å²) in [6.45, 7) is 7.13. The largest absolute Gasteiger partial charge is 0.364 e. The molecule has 106 valence electrons. The van der Waals surface area contributed by atoms with Crippen LogP contribution in [0, 0.1) is 0 Å². The van der Waals surface area contributed by atoms with Crippen molar-refractivity contribution in [3.8, 4) is 0 Å². The Morgan fingerprint density at radius 2 is 1.89 bits per heavy atom. The first-order valence-corrected chi connectivity index (χ1v) is 7.23. The Kier molecular flexibility index (Phi) is 6.00. The molecule has 1 fully saturated rings. The van der Waals surface area contributed by atoms with Gasteiger partial charge in [-0.05, 0) is 13.8 Å². The predicted octanol–water partition coefficient (Wildman–Crippen LogP) is 0.901. The molecule has 0 aromatic carbocycles. The van der Waals surface area contributed by atoms with Crippen LogP contribution in [0.15, 0.2) is 0 Å². The first-order chi connectivity index (χ1) is 8.24. The number of halogens is 3. The summed E-state index contributed by atoms with van der Waals surface area (Å²) in [5, 5.41) is 2.79. The Morgan fingerprint density at radius 3 is 2.28 bits per heavy atom. The van der Waals surface area contributed by atoms with Gasteiger partial charge in [-0.3, -0.25) is 4.79 Å². The van der Waals surface area contributed by atoms with Gasteiger partial charge in [0, 0.05) is 6.42 Å². The third-order valence-electron chi connectivity index (χ3n) is 2.93. The molecular weight excluding hydrogens is 298 g/mol. The second-order valence-electron chi connectivity index (χ2n) is 4.72. The van der Waals surface area contributed by atoms with E-state index in [4.69, 9.17) is 39.5 Å². The van der Waals surface area contributed by atoms with Crippen molar-refractivity contribution in [3.05, 3.63) is 0 Å². The van der Waals surface area contributed by atoms with Crippen LogP contribution in [-0.2, 0) is 9.53 Å². The van der Waals surface area contributed by atoms with Crippen molar-refractivity contribution in [2.24, 2.45) is 0 Å². The van der Waals surface area contributed by atoms with E-state index in [9.17, 15) is 4.79 Å². The zero-order chi connectivity index (χ0) is 13.9. The summed E-state index contributed by atoms with van der Waals surface area (Å²) in [5.41, 5.74) is 0. The Bertz CT molecular complexity index is 287. The molecular formula is C11H20Cl3N2O2+. The van der Waals surface area contributed by atoms with Gasteiger partial charge < -0.3 is 15.0 Å². The number of amides is 1. The number of alkyl halides is 3. The molecule has 1 saturated heterocycles. The monoisotopic (exact) mass is 317 g/mol. The van der Waals surface area contributed by atoms with Crippen LogP contribution in [0.25, 0.3) is 0 Å². The Balaban J connectivity index is 2.79. The Morgan fingerprint density at radius 1 is 1.39 bits per heavy atom. The fourth-order valence-corrected chi connectivity index (χ4v) is 2.86. The zero-order valence-corrected chi connectivity index (χ0v) is 13.1. The van der Waals surface area contributed by atoms with Gasteiger partial charge in [-0.15, -0.1) is 0 Å². The summed E-state index contributed by atoms with van der Waals surface area (Å²) in [7, 11) is 0. The molecule has 1 aliphatic heterocycles. The third-order valence-corrected chi connectivity index (χ3v) is 3.58. The molecule has 1 aliphatic rings. The van der Waals surface area contributed by atoms with Gasteiger partial charge in [-0.2, -0.15) is 0 Å². The maximum absolute atomic E-state index is 11.5. The highest BCUT2D eigenvalue weighted by Gasteiger charge is 2.44. The molecule has 0 aromatic heterocycles. The van der Waals surface area contributed by atoms with Gasteiger partial charge in [0.25, 0.3) is 3.79 Å². The molecule has 0 aliphatic carbocycles. The second kappa shape index (κ2) is 6.62. The van der Waals surface area contributed by atoms with Crippen LogP contribution in [0.4, 0.5) is 0 Å². The van der Waals surface area contributed by atoms with Gasteiger partial charge in [0.15, 0.2) is 0 Å². The third kappa shape index (κ3) is 4.74. The minimum absolute atomic E-state index is 0.0807. The fourth-order valence-electron chi connectivity index (χ4n) is 2.23. The fraction of sp³-hybridized carbons (Fsp3) is 0.909. The molecule has 18 heavy (non-hydrogen) atoms. The van der Waals surface area contributed by atoms with Crippen LogP contribution < -0.4 is 10.2 Å². The van der Waals surface area contributed by atoms with E-state index in [1.165, 1.54) is 0 Å². The van der Waals surface area contributed by atoms with Crippen molar-refractivity contribution in [1.29, 1.82) is 0 Å². The van der Waals surface area contributed by atoms with E-state index in [1.807, 2.05) is 13.8 Å². The summed E-state index contributed by atoms with van der Waals surface area (Å²) in [6, 6.07) is 0. The number of hydrogen-bond donors (Lipinski definition) is 2. The summed E-state index contributed by atoms with van der Waals surface area (Å²) in [5.74, 6) is -0.120. The van der Waals surface area contributed by atoms with E-state index in [0.29, 0.717) is 19.5 Å². The molecule has 1 heterocycles. The maximum atomic E-state index is 11.5. The van der Waals surface area contributed by atoms with Crippen molar-refractivity contribution in [1.82, 2.24) is 5.32 Å². The standard InChI is InChI=1S/C11H19Cl3N2O2/c1-4-9(17)15-10(11(12,13)14)16-5-7(2)18-8(3)6-16/h7-8,10H,4-6H2,1-3H3,(H,15,17)/p+1/t7-,8+,10-/m0/s1. The molecule has 0 radical (unpaired) electrons. The average molecular weight is 319 g/mol. The number of carbonyl (C=O) groups excluding carboxylic acids is 1. The van der Waals surface area contributed by atoms with E-state index >= 15 is 0 Å². The smallest absolute Gasteiger partial charge is 0.262 e. The lowest BCUT2D eigenvalue weighted by atomic mass is 10.2. The number of carbonyl (C=O) groups is 1. The Labute approximate surface area is 123 Å². The van der Waals surface area contributed by atoms with Crippen molar-refractivity contribution < 1.29 is 14.4 Å². The number of morpholine rings is 1. The summed E-state index contributed by atoms with van der Waals surface area (Å²) >= 11 is 18.0. The summed E-state index contributed by atoms with van der Waals surface area (Å²) in [6.07, 6.45) is -0.0235. The first-order valence-electron chi connectivity index (χ1n) is 6.10. The van der Waals surface area contributed by atoms with Crippen LogP contribution in [-0.4, -0.2) is 41.2 Å². The highest BCUT2D eigenvalue weighted by molar-refractivity contribution is 6.68. The number of hydrogen-bond acceptors (Lipinski definition) is 2. The quantitative estimate of drug-likeness (QED) is 0.759. The van der Waals surface area contributed by atoms with E-state index in [-0.39, 0.29) is 18.1 Å². The second-order valence-corrected chi connectivity index (χ2v) is 7.09. The van der Waals surface area contributed by atoms with Crippen molar-refractivity contribution in [2.45, 2.75) is 49.4 Å². The number of rotatable bonds is 3. The van der Waals surface area contributed by atoms with E-state index in [0.717, 1.165) is 4.90 Å². The molecule has 4 nitrogen and oxygen atoms in total. The van der Waals surface area contributed by atoms with Gasteiger partial charge in [0.2, 0.25) is 12.1 Å². The number of ether oxygens (including phenoxy) is 1. The minimum atomic E-state index is -1.53. The van der Waals surface area contributed by atoms with E-state index < -0.39 is 9.96 Å². The van der Waals surface area contributed by atoms with Gasteiger partial charge in [0.1, 0.15) is 25.3 Å². The summed E-state index contributed by atoms with van der Waals surface area (Å²) in [4.78, 5) is 12.6. The molecule has 0 aromatic rings. The molecule has 1 rings (SSSR count). The van der Waals surface area contributed by atoms with Crippen LogP contribution in [0.3, 0.4) is 0 Å². The van der Waals surface area contributed by atoms with Gasteiger partial charge >= 0.3 is 0 Å². The topological polar surface area (TPSA) is 42.8 Å². The number of nitrogens with one attached hydrogen (secondary N) is 2. The SMILES string of the molecule is CCC(=O)N[C@@H]([NH+]1C[C@@H](C)O[C@@H](C)C1)C(Cl)(Cl)Cl.